The second-order valence-corrected chi connectivity index (χ2v) is 5.62. The van der Waals surface area contributed by atoms with Crippen molar-refractivity contribution >= 4 is 11.3 Å². The highest BCUT2D eigenvalue weighted by Crippen LogP contribution is 2.44. The van der Waals surface area contributed by atoms with Crippen molar-refractivity contribution in [2.45, 2.75) is 6.92 Å². The molecule has 0 aliphatic carbocycles. The van der Waals surface area contributed by atoms with Crippen molar-refractivity contribution in [2.75, 3.05) is 7.11 Å². The summed E-state index contributed by atoms with van der Waals surface area (Å²) in [5.74, 6) is 0.963. The Labute approximate surface area is 123 Å². The summed E-state index contributed by atoms with van der Waals surface area (Å²) >= 11 is 1.73. The van der Waals surface area contributed by atoms with E-state index in [1.165, 1.54) is 21.6 Å². The molecule has 0 N–H and O–H groups in total. The van der Waals surface area contributed by atoms with Crippen LogP contribution in [0.4, 0.5) is 0 Å². The van der Waals surface area contributed by atoms with E-state index in [1.807, 2.05) is 6.07 Å². The van der Waals surface area contributed by atoms with Gasteiger partial charge in [-0.25, -0.2) is 0 Å². The van der Waals surface area contributed by atoms with E-state index in [0.29, 0.717) is 0 Å². The second-order valence-electron chi connectivity index (χ2n) is 4.74. The molecule has 1 aromatic heterocycles. The predicted molar refractivity (Wildman–Crippen MR) is 86.5 cm³/mol. The third-order valence-electron chi connectivity index (χ3n) is 3.35. The molecule has 0 atom stereocenters. The molecule has 2 heteroatoms. The summed E-state index contributed by atoms with van der Waals surface area (Å²) in [7, 11) is 1.74. The maximum Gasteiger partial charge on any atom is 0.145 e. The largest absolute Gasteiger partial charge is 0.495 e. The highest BCUT2D eigenvalue weighted by Gasteiger charge is 2.15. The average molecular weight is 280 g/mol. The van der Waals surface area contributed by atoms with Crippen LogP contribution in [0.15, 0.2) is 60.0 Å². The molecule has 0 bridgehead atoms. The molecule has 0 amide bonds. The van der Waals surface area contributed by atoms with Crippen molar-refractivity contribution in [3.8, 4) is 27.3 Å². The number of rotatable bonds is 3. The van der Waals surface area contributed by atoms with Crippen molar-refractivity contribution in [3.05, 3.63) is 65.5 Å². The molecule has 1 nitrogen and oxygen atoms in total. The fraction of sp³-hybridized carbons (Fsp3) is 0.111. The van der Waals surface area contributed by atoms with Gasteiger partial charge in [-0.15, -0.1) is 11.3 Å². The first-order chi connectivity index (χ1) is 9.79. The molecule has 0 fully saturated rings. The number of hydrogen-bond donors (Lipinski definition) is 0. The monoisotopic (exact) mass is 280 g/mol. The molecule has 0 unspecified atom stereocenters. The van der Waals surface area contributed by atoms with Crippen LogP contribution in [0.1, 0.15) is 5.56 Å². The molecule has 1 heterocycles. The number of ether oxygens (including phenoxy) is 1. The Kier molecular flexibility index (Phi) is 3.57. The number of hydrogen-bond acceptors (Lipinski definition) is 2. The van der Waals surface area contributed by atoms with Gasteiger partial charge < -0.3 is 4.74 Å². The third kappa shape index (κ3) is 2.35. The Morgan fingerprint density at radius 3 is 2.20 bits per heavy atom. The van der Waals surface area contributed by atoms with E-state index in [9.17, 15) is 0 Å². The van der Waals surface area contributed by atoms with Gasteiger partial charge in [0.2, 0.25) is 0 Å². The first-order valence-electron chi connectivity index (χ1n) is 6.57. The van der Waals surface area contributed by atoms with E-state index >= 15 is 0 Å². The lowest BCUT2D eigenvalue weighted by molar-refractivity contribution is 0.419. The Balaban J connectivity index is 2.10. The van der Waals surface area contributed by atoms with Gasteiger partial charge in [-0.1, -0.05) is 60.2 Å². The van der Waals surface area contributed by atoms with Crippen LogP contribution >= 0.6 is 11.3 Å². The maximum atomic E-state index is 5.67. The van der Waals surface area contributed by atoms with Crippen LogP contribution in [0, 0.1) is 6.92 Å². The summed E-state index contributed by atoms with van der Waals surface area (Å²) < 4.78 is 5.67. The van der Waals surface area contributed by atoms with Gasteiger partial charge in [0.05, 0.1) is 12.0 Å². The van der Waals surface area contributed by atoms with Crippen LogP contribution in [0.25, 0.3) is 21.6 Å². The SMILES string of the molecule is COc1c(-c2ccc(C)cc2)csc1-c1ccccc1. The normalized spacial score (nSPS) is 10.5. The summed E-state index contributed by atoms with van der Waals surface area (Å²) in [5, 5.41) is 2.17. The van der Waals surface area contributed by atoms with Crippen LogP contribution in [-0.4, -0.2) is 7.11 Å². The molecule has 100 valence electrons. The molecule has 0 aliphatic rings. The number of methoxy groups -OCH3 is 1. The second kappa shape index (κ2) is 5.51. The minimum Gasteiger partial charge on any atom is -0.495 e. The number of aryl methyl sites for hydroxylation is 1. The predicted octanol–water partition coefficient (Wildman–Crippen LogP) is 5.40. The van der Waals surface area contributed by atoms with Crippen molar-refractivity contribution in [3.63, 3.8) is 0 Å². The smallest absolute Gasteiger partial charge is 0.145 e. The van der Waals surface area contributed by atoms with Crippen molar-refractivity contribution in [2.24, 2.45) is 0 Å². The van der Waals surface area contributed by atoms with Gasteiger partial charge in [0.1, 0.15) is 5.75 Å². The minimum absolute atomic E-state index is 0.963. The van der Waals surface area contributed by atoms with Gasteiger partial charge in [-0.3, -0.25) is 0 Å². The van der Waals surface area contributed by atoms with Crippen molar-refractivity contribution in [1.29, 1.82) is 0 Å². The van der Waals surface area contributed by atoms with Crippen molar-refractivity contribution < 1.29 is 4.74 Å². The first-order valence-corrected chi connectivity index (χ1v) is 7.45. The minimum atomic E-state index is 0.963. The van der Waals surface area contributed by atoms with Gasteiger partial charge in [0.25, 0.3) is 0 Å². The van der Waals surface area contributed by atoms with Gasteiger partial charge in [0, 0.05) is 10.9 Å². The Morgan fingerprint density at radius 2 is 1.55 bits per heavy atom. The summed E-state index contributed by atoms with van der Waals surface area (Å²) in [6.45, 7) is 2.10. The fourth-order valence-corrected chi connectivity index (χ4v) is 3.32. The van der Waals surface area contributed by atoms with E-state index in [4.69, 9.17) is 4.74 Å². The molecule has 20 heavy (non-hydrogen) atoms. The molecule has 0 saturated carbocycles. The molecule has 3 aromatic rings. The van der Waals surface area contributed by atoms with E-state index in [2.05, 4.69) is 60.8 Å². The molecule has 0 spiro atoms. The molecule has 0 saturated heterocycles. The maximum absolute atomic E-state index is 5.67. The lowest BCUT2D eigenvalue weighted by atomic mass is 10.0. The Morgan fingerprint density at radius 1 is 0.850 bits per heavy atom. The van der Waals surface area contributed by atoms with Crippen LogP contribution in [0.3, 0.4) is 0 Å². The standard InChI is InChI=1S/C18H16OS/c1-13-8-10-14(11-9-13)16-12-20-18(17(16)19-2)15-6-4-3-5-7-15/h3-12H,1-2H3. The summed E-state index contributed by atoms with van der Waals surface area (Å²) in [6, 6.07) is 18.9. The van der Waals surface area contributed by atoms with E-state index < -0.39 is 0 Å². The molecule has 0 aliphatic heterocycles. The Hall–Kier alpha value is -2.06. The zero-order chi connectivity index (χ0) is 13.9. The summed E-state index contributed by atoms with van der Waals surface area (Å²) in [6.07, 6.45) is 0. The first kappa shape index (κ1) is 12.9. The zero-order valence-electron chi connectivity index (χ0n) is 11.6. The van der Waals surface area contributed by atoms with Crippen LogP contribution in [0.5, 0.6) is 5.75 Å². The lowest BCUT2D eigenvalue weighted by Gasteiger charge is -2.07. The third-order valence-corrected chi connectivity index (χ3v) is 4.36. The number of thiophene rings is 1. The van der Waals surface area contributed by atoms with E-state index in [0.717, 1.165) is 11.3 Å². The van der Waals surface area contributed by atoms with Gasteiger partial charge in [-0.2, -0.15) is 0 Å². The molecular formula is C18H16OS. The van der Waals surface area contributed by atoms with Crippen LogP contribution in [-0.2, 0) is 0 Å². The summed E-state index contributed by atoms with van der Waals surface area (Å²) in [5.41, 5.74) is 4.83. The number of benzene rings is 2. The Bertz CT molecular complexity index is 696. The highest BCUT2D eigenvalue weighted by atomic mass is 32.1. The van der Waals surface area contributed by atoms with Gasteiger partial charge >= 0.3 is 0 Å². The molecule has 0 radical (unpaired) electrons. The van der Waals surface area contributed by atoms with Gasteiger partial charge in [0.15, 0.2) is 0 Å². The molecule has 2 aromatic carbocycles. The van der Waals surface area contributed by atoms with Gasteiger partial charge in [-0.05, 0) is 18.1 Å². The van der Waals surface area contributed by atoms with Crippen LogP contribution < -0.4 is 4.74 Å². The average Bonchev–Trinajstić information content (AvgIpc) is 2.93. The quantitative estimate of drug-likeness (QED) is 0.624. The fourth-order valence-electron chi connectivity index (χ4n) is 2.27. The topological polar surface area (TPSA) is 9.23 Å². The highest BCUT2D eigenvalue weighted by molar-refractivity contribution is 7.14. The molecular weight excluding hydrogens is 264 g/mol. The van der Waals surface area contributed by atoms with E-state index in [-0.39, 0.29) is 0 Å². The van der Waals surface area contributed by atoms with Crippen molar-refractivity contribution in [1.82, 2.24) is 0 Å². The van der Waals surface area contributed by atoms with Crippen LogP contribution in [0.2, 0.25) is 0 Å². The lowest BCUT2D eigenvalue weighted by Crippen LogP contribution is -1.86. The zero-order valence-corrected chi connectivity index (χ0v) is 12.4. The summed E-state index contributed by atoms with van der Waals surface area (Å²) in [4.78, 5) is 1.18. The van der Waals surface area contributed by atoms with E-state index in [1.54, 1.807) is 18.4 Å². The molecule has 3 rings (SSSR count).